The third-order valence-corrected chi connectivity index (χ3v) is 3.66. The first kappa shape index (κ1) is 10.4. The Morgan fingerprint density at radius 3 is 3.12 bits per heavy atom. The van der Waals surface area contributed by atoms with Gasteiger partial charge >= 0.3 is 0 Å². The van der Waals surface area contributed by atoms with Crippen molar-refractivity contribution in [3.8, 4) is 0 Å². The first-order valence-corrected chi connectivity index (χ1v) is 6.40. The maximum absolute atomic E-state index is 5.43. The van der Waals surface area contributed by atoms with Crippen molar-refractivity contribution in [3.63, 3.8) is 0 Å². The summed E-state index contributed by atoms with van der Waals surface area (Å²) < 4.78 is 5.43. The Morgan fingerprint density at radius 1 is 1.44 bits per heavy atom. The van der Waals surface area contributed by atoms with Crippen LogP contribution < -0.4 is 5.32 Å². The molecule has 88 valence electrons. The number of hydrogen-bond donors (Lipinski definition) is 1. The van der Waals surface area contributed by atoms with Gasteiger partial charge in [0.15, 0.2) is 0 Å². The van der Waals surface area contributed by atoms with Crippen LogP contribution in [0.3, 0.4) is 0 Å². The SMILES string of the molecule is c1coc(CN2CCCNC(C3CC3)C2)c1. The van der Waals surface area contributed by atoms with E-state index in [4.69, 9.17) is 4.42 Å². The predicted octanol–water partition coefficient (Wildman–Crippen LogP) is 1.85. The molecule has 1 saturated carbocycles. The first-order valence-electron chi connectivity index (χ1n) is 6.40. The monoisotopic (exact) mass is 220 g/mol. The molecule has 3 rings (SSSR count). The summed E-state index contributed by atoms with van der Waals surface area (Å²) in [4.78, 5) is 2.53. The summed E-state index contributed by atoms with van der Waals surface area (Å²) in [5.74, 6) is 2.04. The van der Waals surface area contributed by atoms with E-state index < -0.39 is 0 Å². The lowest BCUT2D eigenvalue weighted by atomic mass is 10.2. The molecule has 2 fully saturated rings. The number of hydrogen-bond acceptors (Lipinski definition) is 3. The lowest BCUT2D eigenvalue weighted by molar-refractivity contribution is 0.232. The molecule has 1 aromatic heterocycles. The summed E-state index contributed by atoms with van der Waals surface area (Å²) in [6.07, 6.45) is 5.87. The fraction of sp³-hybridized carbons (Fsp3) is 0.692. The van der Waals surface area contributed by atoms with Crippen LogP contribution in [-0.4, -0.2) is 30.6 Å². The summed E-state index contributed by atoms with van der Waals surface area (Å²) in [7, 11) is 0. The molecule has 1 aromatic rings. The van der Waals surface area contributed by atoms with E-state index >= 15 is 0 Å². The van der Waals surface area contributed by atoms with Gasteiger partial charge in [-0.05, 0) is 50.4 Å². The third kappa shape index (κ3) is 2.47. The average Bonchev–Trinajstić information content (AvgIpc) is 3.03. The standard InChI is InChI=1S/C13H20N2O/c1-3-12(16-8-1)9-15-7-2-6-14-13(10-15)11-4-5-11/h1,3,8,11,13-14H,2,4-7,9-10H2. The number of furan rings is 1. The van der Waals surface area contributed by atoms with Crippen molar-refractivity contribution in [2.75, 3.05) is 19.6 Å². The second kappa shape index (κ2) is 4.60. The molecule has 3 heteroatoms. The van der Waals surface area contributed by atoms with E-state index in [1.165, 1.54) is 38.9 Å². The van der Waals surface area contributed by atoms with E-state index in [0.717, 1.165) is 24.3 Å². The molecule has 0 aromatic carbocycles. The Morgan fingerprint density at radius 2 is 2.38 bits per heavy atom. The molecule has 2 aliphatic rings. The Hall–Kier alpha value is -0.800. The minimum Gasteiger partial charge on any atom is -0.468 e. The molecule has 1 N–H and O–H groups in total. The Labute approximate surface area is 96.8 Å². The molecule has 0 spiro atoms. The van der Waals surface area contributed by atoms with Crippen LogP contribution >= 0.6 is 0 Å². The van der Waals surface area contributed by atoms with E-state index in [0.29, 0.717) is 0 Å². The molecule has 0 radical (unpaired) electrons. The third-order valence-electron chi connectivity index (χ3n) is 3.66. The van der Waals surface area contributed by atoms with E-state index in [9.17, 15) is 0 Å². The minimum absolute atomic E-state index is 0.720. The highest BCUT2D eigenvalue weighted by Gasteiger charge is 2.33. The maximum atomic E-state index is 5.43. The van der Waals surface area contributed by atoms with Crippen LogP contribution in [-0.2, 0) is 6.54 Å². The van der Waals surface area contributed by atoms with Gasteiger partial charge in [-0.3, -0.25) is 4.90 Å². The van der Waals surface area contributed by atoms with E-state index in [-0.39, 0.29) is 0 Å². The zero-order valence-corrected chi connectivity index (χ0v) is 9.69. The minimum atomic E-state index is 0.720. The molecule has 0 bridgehead atoms. The number of nitrogens with zero attached hydrogens (tertiary/aromatic N) is 1. The summed E-state index contributed by atoms with van der Waals surface area (Å²) in [5.41, 5.74) is 0. The molecule has 0 amide bonds. The highest BCUT2D eigenvalue weighted by molar-refractivity contribution is 4.99. The van der Waals surface area contributed by atoms with Crippen LogP contribution in [0, 0.1) is 5.92 Å². The van der Waals surface area contributed by atoms with Crippen molar-refractivity contribution in [1.82, 2.24) is 10.2 Å². The molecule has 3 nitrogen and oxygen atoms in total. The van der Waals surface area contributed by atoms with Crippen LogP contribution in [0.25, 0.3) is 0 Å². The molecule has 1 aliphatic heterocycles. The summed E-state index contributed by atoms with van der Waals surface area (Å²) in [6, 6.07) is 4.77. The largest absolute Gasteiger partial charge is 0.468 e. The van der Waals surface area contributed by atoms with Crippen LogP contribution in [0.2, 0.25) is 0 Å². The summed E-state index contributed by atoms with van der Waals surface area (Å²) in [6.45, 7) is 4.52. The van der Waals surface area contributed by atoms with Crippen molar-refractivity contribution in [3.05, 3.63) is 24.2 Å². The molecule has 1 atom stereocenters. The van der Waals surface area contributed by atoms with Gasteiger partial charge in [0.1, 0.15) is 5.76 Å². The molecular formula is C13H20N2O. The van der Waals surface area contributed by atoms with Gasteiger partial charge in [0.05, 0.1) is 12.8 Å². The van der Waals surface area contributed by atoms with E-state index in [1.54, 1.807) is 6.26 Å². The Balaban J connectivity index is 1.60. The second-order valence-corrected chi connectivity index (χ2v) is 5.07. The van der Waals surface area contributed by atoms with Crippen LogP contribution in [0.15, 0.2) is 22.8 Å². The predicted molar refractivity (Wildman–Crippen MR) is 63.1 cm³/mol. The second-order valence-electron chi connectivity index (χ2n) is 5.07. The quantitative estimate of drug-likeness (QED) is 0.842. The number of nitrogens with one attached hydrogen (secondary N) is 1. The van der Waals surface area contributed by atoms with Crippen molar-refractivity contribution < 1.29 is 4.42 Å². The average molecular weight is 220 g/mol. The maximum Gasteiger partial charge on any atom is 0.117 e. The van der Waals surface area contributed by atoms with Gasteiger partial charge in [0, 0.05) is 12.6 Å². The van der Waals surface area contributed by atoms with Crippen molar-refractivity contribution >= 4 is 0 Å². The fourth-order valence-electron chi connectivity index (χ4n) is 2.60. The van der Waals surface area contributed by atoms with Gasteiger partial charge in [-0.15, -0.1) is 0 Å². The van der Waals surface area contributed by atoms with E-state index in [1.807, 2.05) is 6.07 Å². The normalized spacial score (nSPS) is 27.9. The summed E-state index contributed by atoms with van der Waals surface area (Å²) >= 11 is 0. The molecule has 16 heavy (non-hydrogen) atoms. The van der Waals surface area contributed by atoms with Gasteiger partial charge in [0.25, 0.3) is 0 Å². The first-order chi connectivity index (χ1) is 7.92. The molecule has 1 saturated heterocycles. The molecule has 2 heterocycles. The summed E-state index contributed by atoms with van der Waals surface area (Å²) in [5, 5.41) is 3.68. The smallest absolute Gasteiger partial charge is 0.117 e. The number of rotatable bonds is 3. The van der Waals surface area contributed by atoms with Crippen molar-refractivity contribution in [2.45, 2.75) is 31.8 Å². The molecule has 1 aliphatic carbocycles. The van der Waals surface area contributed by atoms with Crippen LogP contribution in [0.5, 0.6) is 0 Å². The molecular weight excluding hydrogens is 200 g/mol. The van der Waals surface area contributed by atoms with Gasteiger partial charge in [-0.1, -0.05) is 0 Å². The topological polar surface area (TPSA) is 28.4 Å². The Bertz CT molecular complexity index is 319. The van der Waals surface area contributed by atoms with Gasteiger partial charge in [-0.25, -0.2) is 0 Å². The van der Waals surface area contributed by atoms with Crippen molar-refractivity contribution in [1.29, 1.82) is 0 Å². The fourth-order valence-corrected chi connectivity index (χ4v) is 2.60. The van der Waals surface area contributed by atoms with Crippen LogP contribution in [0.4, 0.5) is 0 Å². The zero-order valence-electron chi connectivity index (χ0n) is 9.69. The van der Waals surface area contributed by atoms with Crippen molar-refractivity contribution in [2.24, 2.45) is 5.92 Å². The highest BCUT2D eigenvalue weighted by Crippen LogP contribution is 2.33. The lowest BCUT2D eigenvalue weighted by Crippen LogP contribution is -2.38. The van der Waals surface area contributed by atoms with Gasteiger partial charge in [-0.2, -0.15) is 0 Å². The van der Waals surface area contributed by atoms with Gasteiger partial charge in [0.2, 0.25) is 0 Å². The lowest BCUT2D eigenvalue weighted by Gasteiger charge is -2.23. The Kier molecular flexibility index (Phi) is 2.98. The van der Waals surface area contributed by atoms with Crippen LogP contribution in [0.1, 0.15) is 25.0 Å². The van der Waals surface area contributed by atoms with Gasteiger partial charge < -0.3 is 9.73 Å². The molecule has 1 unspecified atom stereocenters. The van der Waals surface area contributed by atoms with E-state index in [2.05, 4.69) is 16.3 Å². The zero-order chi connectivity index (χ0) is 10.8. The highest BCUT2D eigenvalue weighted by atomic mass is 16.3.